The molecule has 0 spiro atoms. The normalized spacial score (nSPS) is 15.4. The van der Waals surface area contributed by atoms with Crippen molar-refractivity contribution in [3.63, 3.8) is 0 Å². The molecule has 1 rings (SSSR count). The van der Waals surface area contributed by atoms with Gasteiger partial charge in [-0.1, -0.05) is 0 Å². The lowest BCUT2D eigenvalue weighted by Crippen LogP contribution is -2.21. The van der Waals surface area contributed by atoms with E-state index in [2.05, 4.69) is 39.6 Å². The summed E-state index contributed by atoms with van der Waals surface area (Å²) in [6, 6.07) is 2.50. The highest BCUT2D eigenvalue weighted by Gasteiger charge is 2.07. The van der Waals surface area contributed by atoms with Gasteiger partial charge in [-0.25, -0.2) is 0 Å². The molecule has 1 aromatic rings. The zero-order chi connectivity index (χ0) is 10.6. The number of rotatable bonds is 5. The SMILES string of the molecule is CC(O)CCNC(C)c1cc(Br)cs1. The predicted octanol–water partition coefficient (Wildman–Crippen LogP) is 2.93. The minimum absolute atomic E-state index is 0.218. The van der Waals surface area contributed by atoms with E-state index in [4.69, 9.17) is 5.11 Å². The second-order valence-electron chi connectivity index (χ2n) is 3.48. The standard InChI is InChI=1S/C10H16BrNOS/c1-7(13)3-4-12-8(2)10-5-9(11)6-14-10/h5-8,12-13H,3-4H2,1-2H3. The van der Waals surface area contributed by atoms with Gasteiger partial charge < -0.3 is 10.4 Å². The monoisotopic (exact) mass is 277 g/mol. The van der Waals surface area contributed by atoms with Crippen molar-refractivity contribution in [1.82, 2.24) is 5.32 Å². The number of hydrogen-bond donors (Lipinski definition) is 2. The number of thiophene rings is 1. The molecule has 1 heterocycles. The number of halogens is 1. The molecule has 2 unspecified atom stereocenters. The Bertz CT molecular complexity index is 275. The van der Waals surface area contributed by atoms with Crippen molar-refractivity contribution in [2.45, 2.75) is 32.4 Å². The van der Waals surface area contributed by atoms with Gasteiger partial charge in [0.2, 0.25) is 0 Å². The van der Waals surface area contributed by atoms with Crippen molar-refractivity contribution in [3.8, 4) is 0 Å². The maximum Gasteiger partial charge on any atom is 0.0524 e. The van der Waals surface area contributed by atoms with E-state index in [1.54, 1.807) is 11.3 Å². The molecule has 0 bridgehead atoms. The van der Waals surface area contributed by atoms with E-state index >= 15 is 0 Å². The van der Waals surface area contributed by atoms with Crippen LogP contribution in [0, 0.1) is 0 Å². The lowest BCUT2D eigenvalue weighted by atomic mass is 10.2. The second kappa shape index (κ2) is 5.85. The third-order valence-corrected chi connectivity index (χ3v) is 3.90. The van der Waals surface area contributed by atoms with Crippen molar-refractivity contribution in [3.05, 3.63) is 20.8 Å². The van der Waals surface area contributed by atoms with Crippen LogP contribution >= 0.6 is 27.3 Å². The summed E-state index contributed by atoms with van der Waals surface area (Å²) in [5.74, 6) is 0. The zero-order valence-electron chi connectivity index (χ0n) is 8.46. The van der Waals surface area contributed by atoms with Gasteiger partial charge in [0.25, 0.3) is 0 Å². The van der Waals surface area contributed by atoms with Gasteiger partial charge in [0.1, 0.15) is 0 Å². The third kappa shape index (κ3) is 4.09. The smallest absolute Gasteiger partial charge is 0.0524 e. The Morgan fingerprint density at radius 1 is 1.57 bits per heavy atom. The Balaban J connectivity index is 2.32. The first-order valence-electron chi connectivity index (χ1n) is 4.75. The van der Waals surface area contributed by atoms with Crippen molar-refractivity contribution in [2.75, 3.05) is 6.54 Å². The second-order valence-corrected chi connectivity index (χ2v) is 5.34. The Hall–Kier alpha value is 0.1000. The number of aliphatic hydroxyl groups is 1. The number of hydrogen-bond acceptors (Lipinski definition) is 3. The number of nitrogens with one attached hydrogen (secondary N) is 1. The fourth-order valence-corrected chi connectivity index (χ4v) is 2.64. The van der Waals surface area contributed by atoms with Crippen molar-refractivity contribution in [1.29, 1.82) is 0 Å². The molecule has 0 aliphatic heterocycles. The molecular weight excluding hydrogens is 262 g/mol. The first-order valence-corrected chi connectivity index (χ1v) is 6.42. The average Bonchev–Trinajstić information content (AvgIpc) is 2.51. The molecule has 80 valence electrons. The molecular formula is C10H16BrNOS. The van der Waals surface area contributed by atoms with E-state index in [0.29, 0.717) is 6.04 Å². The van der Waals surface area contributed by atoms with Gasteiger partial charge in [-0.05, 0) is 48.8 Å². The van der Waals surface area contributed by atoms with Gasteiger partial charge in [0, 0.05) is 20.8 Å². The van der Waals surface area contributed by atoms with Crippen LogP contribution < -0.4 is 5.32 Å². The van der Waals surface area contributed by atoms with E-state index in [1.807, 2.05) is 6.92 Å². The summed E-state index contributed by atoms with van der Waals surface area (Å²) in [7, 11) is 0. The molecule has 2 atom stereocenters. The summed E-state index contributed by atoms with van der Waals surface area (Å²) in [5.41, 5.74) is 0. The van der Waals surface area contributed by atoms with E-state index in [0.717, 1.165) is 17.4 Å². The Morgan fingerprint density at radius 3 is 2.79 bits per heavy atom. The van der Waals surface area contributed by atoms with Gasteiger partial charge in [-0.3, -0.25) is 0 Å². The molecule has 0 aliphatic carbocycles. The predicted molar refractivity (Wildman–Crippen MR) is 64.7 cm³/mol. The zero-order valence-corrected chi connectivity index (χ0v) is 10.9. The maximum absolute atomic E-state index is 9.10. The van der Waals surface area contributed by atoms with Gasteiger partial charge >= 0.3 is 0 Å². The topological polar surface area (TPSA) is 32.3 Å². The summed E-state index contributed by atoms with van der Waals surface area (Å²) < 4.78 is 1.14. The first-order chi connectivity index (χ1) is 6.59. The summed E-state index contributed by atoms with van der Waals surface area (Å²) in [6.45, 7) is 4.81. The number of aliphatic hydroxyl groups excluding tert-OH is 1. The van der Waals surface area contributed by atoms with Crippen molar-refractivity contribution in [2.24, 2.45) is 0 Å². The van der Waals surface area contributed by atoms with Gasteiger partial charge in [0.15, 0.2) is 0 Å². The van der Waals surface area contributed by atoms with Crippen LogP contribution in [0.1, 0.15) is 31.2 Å². The lowest BCUT2D eigenvalue weighted by molar-refractivity contribution is 0.182. The van der Waals surface area contributed by atoms with E-state index < -0.39 is 0 Å². The van der Waals surface area contributed by atoms with Crippen LogP contribution in [0.25, 0.3) is 0 Å². The van der Waals surface area contributed by atoms with Crippen LogP contribution in [0.2, 0.25) is 0 Å². The van der Waals surface area contributed by atoms with Gasteiger partial charge in [0.05, 0.1) is 6.10 Å². The third-order valence-electron chi connectivity index (χ3n) is 2.03. The fraction of sp³-hybridized carbons (Fsp3) is 0.600. The van der Waals surface area contributed by atoms with E-state index in [1.165, 1.54) is 4.88 Å². The first kappa shape index (κ1) is 12.2. The molecule has 2 N–H and O–H groups in total. The molecule has 0 radical (unpaired) electrons. The minimum atomic E-state index is -0.218. The van der Waals surface area contributed by atoms with E-state index in [-0.39, 0.29) is 6.10 Å². The van der Waals surface area contributed by atoms with Crippen LogP contribution in [0.3, 0.4) is 0 Å². The highest BCUT2D eigenvalue weighted by molar-refractivity contribution is 9.10. The van der Waals surface area contributed by atoms with Crippen LogP contribution in [0.5, 0.6) is 0 Å². The average molecular weight is 278 g/mol. The fourth-order valence-electron chi connectivity index (χ4n) is 1.16. The molecule has 1 aromatic heterocycles. The van der Waals surface area contributed by atoms with Crippen molar-refractivity contribution < 1.29 is 5.11 Å². The van der Waals surface area contributed by atoms with Crippen LogP contribution in [0.4, 0.5) is 0 Å². The molecule has 0 saturated carbocycles. The van der Waals surface area contributed by atoms with Crippen LogP contribution in [0.15, 0.2) is 15.9 Å². The highest BCUT2D eigenvalue weighted by atomic mass is 79.9. The molecule has 0 fully saturated rings. The lowest BCUT2D eigenvalue weighted by Gasteiger charge is -2.12. The van der Waals surface area contributed by atoms with Gasteiger partial charge in [-0.2, -0.15) is 0 Å². The van der Waals surface area contributed by atoms with Crippen LogP contribution in [-0.4, -0.2) is 17.8 Å². The van der Waals surface area contributed by atoms with Gasteiger partial charge in [-0.15, -0.1) is 11.3 Å². The molecule has 2 nitrogen and oxygen atoms in total. The van der Waals surface area contributed by atoms with Crippen molar-refractivity contribution >= 4 is 27.3 Å². The quantitative estimate of drug-likeness (QED) is 0.868. The Kier molecular flexibility index (Phi) is 5.09. The maximum atomic E-state index is 9.10. The molecule has 4 heteroatoms. The minimum Gasteiger partial charge on any atom is -0.393 e. The summed E-state index contributed by atoms with van der Waals surface area (Å²) in [5, 5.41) is 14.6. The van der Waals surface area contributed by atoms with E-state index in [9.17, 15) is 0 Å². The summed E-state index contributed by atoms with van der Waals surface area (Å²) in [4.78, 5) is 1.32. The molecule has 0 saturated heterocycles. The molecule has 0 aromatic carbocycles. The summed E-state index contributed by atoms with van der Waals surface area (Å²) in [6.07, 6.45) is 0.585. The summed E-state index contributed by atoms with van der Waals surface area (Å²) >= 11 is 5.18. The molecule has 0 amide bonds. The Labute approximate surface area is 97.5 Å². The molecule has 14 heavy (non-hydrogen) atoms. The highest BCUT2D eigenvalue weighted by Crippen LogP contribution is 2.25. The van der Waals surface area contributed by atoms with Crippen LogP contribution in [-0.2, 0) is 0 Å². The Morgan fingerprint density at radius 2 is 2.29 bits per heavy atom. The largest absolute Gasteiger partial charge is 0.393 e. The molecule has 0 aliphatic rings.